The molecule has 1 amide bonds. The van der Waals surface area contributed by atoms with Crippen molar-refractivity contribution in [1.82, 2.24) is 9.88 Å². The molecular weight excluding hydrogens is 441 g/mol. The quantitative estimate of drug-likeness (QED) is 0.559. The van der Waals surface area contributed by atoms with Gasteiger partial charge in [-0.3, -0.25) is 14.6 Å². The van der Waals surface area contributed by atoms with Gasteiger partial charge in [0, 0.05) is 38.0 Å². The van der Waals surface area contributed by atoms with E-state index in [1.807, 2.05) is 0 Å². The van der Waals surface area contributed by atoms with Crippen LogP contribution in [0.25, 0.3) is 10.2 Å². The molecule has 1 fully saturated rings. The Balaban J connectivity index is 1.68. The average molecular weight is 464 g/mol. The van der Waals surface area contributed by atoms with Gasteiger partial charge in [0.2, 0.25) is 0 Å². The van der Waals surface area contributed by atoms with E-state index in [2.05, 4.69) is 9.88 Å². The number of anilines is 1. The molecule has 0 bridgehead atoms. The van der Waals surface area contributed by atoms with Crippen LogP contribution in [0.5, 0.6) is 0 Å². The number of aromatic nitrogens is 1. The number of fused-ring (bicyclic) bond motifs is 1. The molecule has 4 rings (SSSR count). The Kier molecular flexibility index (Phi) is 6.33. The van der Waals surface area contributed by atoms with E-state index in [4.69, 9.17) is 4.74 Å². The van der Waals surface area contributed by atoms with Crippen LogP contribution in [0.4, 0.5) is 9.52 Å². The molecule has 164 valence electrons. The lowest BCUT2D eigenvalue weighted by Gasteiger charge is -2.29. The van der Waals surface area contributed by atoms with Gasteiger partial charge in [0.1, 0.15) is 11.3 Å². The van der Waals surface area contributed by atoms with E-state index in [0.717, 1.165) is 19.3 Å². The van der Waals surface area contributed by atoms with Crippen molar-refractivity contribution in [3.05, 3.63) is 53.8 Å². The zero-order chi connectivity index (χ0) is 22.0. The van der Waals surface area contributed by atoms with E-state index >= 15 is 0 Å². The monoisotopic (exact) mass is 463 g/mol. The van der Waals surface area contributed by atoms with Gasteiger partial charge in [0.15, 0.2) is 15.0 Å². The first-order valence-electron chi connectivity index (χ1n) is 9.80. The van der Waals surface area contributed by atoms with Crippen molar-refractivity contribution in [3.8, 4) is 0 Å². The Labute approximate surface area is 184 Å². The third-order valence-corrected chi connectivity index (χ3v) is 7.24. The Morgan fingerprint density at radius 1 is 1.23 bits per heavy atom. The summed E-state index contributed by atoms with van der Waals surface area (Å²) in [6.07, 6.45) is 1.10. The van der Waals surface area contributed by atoms with E-state index < -0.39 is 15.7 Å². The molecule has 1 aliphatic rings. The summed E-state index contributed by atoms with van der Waals surface area (Å²) in [5.74, 6) is -0.821. The van der Waals surface area contributed by atoms with Crippen LogP contribution in [0.15, 0.2) is 47.4 Å². The number of thiazole rings is 1. The highest BCUT2D eigenvalue weighted by Crippen LogP contribution is 2.31. The number of nitrogens with zero attached hydrogens (tertiary/aromatic N) is 3. The smallest absolute Gasteiger partial charge is 0.260 e. The maximum atomic E-state index is 14.2. The lowest BCUT2D eigenvalue weighted by atomic mass is 10.2. The minimum absolute atomic E-state index is 0.0711. The summed E-state index contributed by atoms with van der Waals surface area (Å²) >= 11 is 1.23. The SMILES string of the molecule is CS(=O)(=O)c1cccc(C(=O)N(CCN2CCOCC2)c2nc3c(F)cccc3s2)c1. The Bertz CT molecular complexity index is 1210. The van der Waals surface area contributed by atoms with Crippen LogP contribution in [0.1, 0.15) is 10.4 Å². The minimum atomic E-state index is -3.46. The lowest BCUT2D eigenvalue weighted by molar-refractivity contribution is 0.0391. The second-order valence-electron chi connectivity index (χ2n) is 7.29. The highest BCUT2D eigenvalue weighted by atomic mass is 32.2. The van der Waals surface area contributed by atoms with E-state index in [1.54, 1.807) is 24.3 Å². The fraction of sp³-hybridized carbons (Fsp3) is 0.333. The Morgan fingerprint density at radius 2 is 1.97 bits per heavy atom. The predicted molar refractivity (Wildman–Crippen MR) is 118 cm³/mol. The maximum absolute atomic E-state index is 14.2. The zero-order valence-electron chi connectivity index (χ0n) is 17.0. The summed E-state index contributed by atoms with van der Waals surface area (Å²) in [6.45, 7) is 3.73. The Morgan fingerprint density at radius 3 is 2.68 bits per heavy atom. The van der Waals surface area contributed by atoms with E-state index in [1.165, 1.54) is 34.4 Å². The molecule has 1 aliphatic heterocycles. The number of sulfone groups is 1. The van der Waals surface area contributed by atoms with Gasteiger partial charge in [-0.25, -0.2) is 17.8 Å². The molecule has 7 nitrogen and oxygen atoms in total. The van der Waals surface area contributed by atoms with Gasteiger partial charge < -0.3 is 4.74 Å². The number of carbonyl (C=O) groups excluding carboxylic acids is 1. The van der Waals surface area contributed by atoms with Crippen molar-refractivity contribution >= 4 is 42.4 Å². The first-order valence-corrected chi connectivity index (χ1v) is 12.5. The van der Waals surface area contributed by atoms with Crippen molar-refractivity contribution in [2.75, 3.05) is 50.5 Å². The van der Waals surface area contributed by atoms with Gasteiger partial charge in [0.25, 0.3) is 5.91 Å². The molecule has 0 spiro atoms. The van der Waals surface area contributed by atoms with Crippen molar-refractivity contribution in [2.24, 2.45) is 0 Å². The van der Waals surface area contributed by atoms with Gasteiger partial charge in [-0.2, -0.15) is 0 Å². The highest BCUT2D eigenvalue weighted by molar-refractivity contribution is 7.90. The number of rotatable bonds is 6. The molecule has 2 heterocycles. The summed E-state index contributed by atoms with van der Waals surface area (Å²) in [7, 11) is -3.46. The number of hydrogen-bond donors (Lipinski definition) is 0. The number of morpholine rings is 1. The number of halogens is 1. The molecule has 0 atom stereocenters. The fourth-order valence-corrected chi connectivity index (χ4v) is 5.06. The van der Waals surface area contributed by atoms with Crippen LogP contribution in [-0.2, 0) is 14.6 Å². The summed E-state index contributed by atoms with van der Waals surface area (Å²) in [5, 5.41) is 0.378. The van der Waals surface area contributed by atoms with Gasteiger partial charge in [-0.15, -0.1) is 0 Å². The molecule has 0 radical (unpaired) electrons. The first kappa shape index (κ1) is 21.8. The Hall–Kier alpha value is -2.40. The largest absolute Gasteiger partial charge is 0.379 e. The molecule has 3 aromatic rings. The molecule has 0 aliphatic carbocycles. The number of para-hydroxylation sites is 1. The fourth-order valence-electron chi connectivity index (χ4n) is 3.38. The van der Waals surface area contributed by atoms with Crippen molar-refractivity contribution < 1.29 is 22.3 Å². The summed E-state index contributed by atoms with van der Waals surface area (Å²) in [4.78, 5) is 21.6. The number of ether oxygens (including phenoxy) is 1. The van der Waals surface area contributed by atoms with Crippen LogP contribution in [-0.4, -0.2) is 69.9 Å². The molecule has 0 unspecified atom stereocenters. The predicted octanol–water partition coefficient (Wildman–Crippen LogP) is 2.82. The molecular formula is C21H22FN3O4S2. The molecule has 0 N–H and O–H groups in total. The average Bonchev–Trinajstić information content (AvgIpc) is 3.19. The maximum Gasteiger partial charge on any atom is 0.260 e. The van der Waals surface area contributed by atoms with E-state index in [9.17, 15) is 17.6 Å². The number of hydrogen-bond acceptors (Lipinski definition) is 7. The van der Waals surface area contributed by atoms with Crippen molar-refractivity contribution in [1.29, 1.82) is 0 Å². The second-order valence-corrected chi connectivity index (χ2v) is 10.3. The zero-order valence-corrected chi connectivity index (χ0v) is 18.6. The topological polar surface area (TPSA) is 79.8 Å². The van der Waals surface area contributed by atoms with Crippen molar-refractivity contribution in [2.45, 2.75) is 4.90 Å². The summed E-state index contributed by atoms with van der Waals surface area (Å²) in [6, 6.07) is 10.6. The van der Waals surface area contributed by atoms with Gasteiger partial charge >= 0.3 is 0 Å². The van der Waals surface area contributed by atoms with Crippen LogP contribution in [0.2, 0.25) is 0 Å². The molecule has 0 saturated carbocycles. The van der Waals surface area contributed by atoms with E-state index in [0.29, 0.717) is 36.1 Å². The van der Waals surface area contributed by atoms with Crippen LogP contribution < -0.4 is 4.90 Å². The number of benzene rings is 2. The first-order chi connectivity index (χ1) is 14.8. The van der Waals surface area contributed by atoms with Gasteiger partial charge in [-0.1, -0.05) is 23.5 Å². The van der Waals surface area contributed by atoms with Crippen LogP contribution >= 0.6 is 11.3 Å². The van der Waals surface area contributed by atoms with E-state index in [-0.39, 0.29) is 21.9 Å². The molecule has 10 heteroatoms. The van der Waals surface area contributed by atoms with Crippen LogP contribution in [0, 0.1) is 5.82 Å². The van der Waals surface area contributed by atoms with Gasteiger partial charge in [0.05, 0.1) is 22.8 Å². The normalized spacial score (nSPS) is 15.3. The molecule has 1 saturated heterocycles. The summed E-state index contributed by atoms with van der Waals surface area (Å²) in [5.41, 5.74) is 0.459. The number of carbonyl (C=O) groups is 1. The third-order valence-electron chi connectivity index (χ3n) is 5.09. The van der Waals surface area contributed by atoms with Crippen LogP contribution in [0.3, 0.4) is 0 Å². The second kappa shape index (κ2) is 8.99. The minimum Gasteiger partial charge on any atom is -0.379 e. The standard InChI is InChI=1S/C21H22FN3O4S2/c1-31(27,28)16-5-2-4-15(14-16)20(26)25(9-8-24-10-12-29-13-11-24)21-23-19-17(22)6-3-7-18(19)30-21/h2-7,14H,8-13H2,1H3. The molecule has 31 heavy (non-hydrogen) atoms. The lowest BCUT2D eigenvalue weighted by Crippen LogP contribution is -2.43. The van der Waals surface area contributed by atoms with Crippen molar-refractivity contribution in [3.63, 3.8) is 0 Å². The molecule has 2 aromatic carbocycles. The highest BCUT2D eigenvalue weighted by Gasteiger charge is 2.24. The third kappa shape index (κ3) is 4.93. The molecule has 1 aromatic heterocycles. The number of amides is 1. The van der Waals surface area contributed by atoms with Gasteiger partial charge in [-0.05, 0) is 30.3 Å². The summed E-state index contributed by atoms with van der Waals surface area (Å²) < 4.78 is 44.1.